The Bertz CT molecular complexity index is 996. The second-order valence-electron chi connectivity index (χ2n) is 8.79. The number of allylic oxidation sites excluding steroid dienone is 1. The summed E-state index contributed by atoms with van der Waals surface area (Å²) in [6.07, 6.45) is 8.81. The molecule has 0 bridgehead atoms. The Labute approximate surface area is 167 Å². The normalized spacial score (nSPS) is 26.2. The number of rotatable bonds is 4. The Kier molecular flexibility index (Phi) is 4.62. The zero-order valence-electron chi connectivity index (χ0n) is 16.4. The van der Waals surface area contributed by atoms with E-state index in [1.807, 2.05) is 0 Å². The lowest BCUT2D eigenvalue weighted by Crippen LogP contribution is -2.41. The number of aromatic carboxylic acids is 1. The second-order valence-corrected chi connectivity index (χ2v) is 9.89. The molecule has 2 aromatic rings. The average molecular weight is 403 g/mol. The van der Waals surface area contributed by atoms with Crippen molar-refractivity contribution in [1.82, 2.24) is 9.55 Å². The molecule has 3 heterocycles. The number of aromatic amines is 1. The van der Waals surface area contributed by atoms with Gasteiger partial charge in [0.2, 0.25) is 0 Å². The molecule has 0 saturated carbocycles. The van der Waals surface area contributed by atoms with Gasteiger partial charge in [-0.2, -0.15) is 0 Å². The van der Waals surface area contributed by atoms with Crippen molar-refractivity contribution in [2.24, 2.45) is 11.3 Å². The molecule has 0 radical (unpaired) electrons. The minimum absolute atomic E-state index is 0.0189. The predicted octanol–water partition coefficient (Wildman–Crippen LogP) is 3.77. The third-order valence-corrected chi connectivity index (χ3v) is 6.96. The van der Waals surface area contributed by atoms with Crippen LogP contribution in [0.4, 0.5) is 0 Å². The number of carbonyl (C=O) groups is 1. The number of carboxylic acids is 1. The zero-order valence-corrected chi connectivity index (χ0v) is 17.3. The highest BCUT2D eigenvalue weighted by atomic mass is 32.1. The summed E-state index contributed by atoms with van der Waals surface area (Å²) in [4.78, 5) is 26.6. The van der Waals surface area contributed by atoms with E-state index in [2.05, 4.69) is 37.9 Å². The number of carboxylic acid groups (broad SMARTS) is 1. The first kappa shape index (κ1) is 19.2. The lowest BCUT2D eigenvalue weighted by atomic mass is 9.65. The van der Waals surface area contributed by atoms with E-state index in [1.54, 1.807) is 16.8 Å². The van der Waals surface area contributed by atoms with Gasteiger partial charge in [0, 0.05) is 23.4 Å². The van der Waals surface area contributed by atoms with Crippen molar-refractivity contribution in [2.45, 2.75) is 52.2 Å². The summed E-state index contributed by atoms with van der Waals surface area (Å²) in [5.74, 6) is -0.452. The number of aromatic nitrogens is 2. The lowest BCUT2D eigenvalue weighted by Gasteiger charge is -2.45. The van der Waals surface area contributed by atoms with Crippen LogP contribution in [-0.4, -0.2) is 32.8 Å². The Morgan fingerprint density at radius 3 is 2.86 bits per heavy atom. The number of nitrogens with zero attached hydrogens (tertiary/aromatic N) is 1. The van der Waals surface area contributed by atoms with Gasteiger partial charge in [-0.1, -0.05) is 24.3 Å². The molecule has 4 rings (SSSR count). The van der Waals surface area contributed by atoms with E-state index >= 15 is 0 Å². The monoisotopic (exact) mass is 402 g/mol. The smallest absolute Gasteiger partial charge is 0.352 e. The van der Waals surface area contributed by atoms with Crippen LogP contribution in [0.5, 0.6) is 0 Å². The van der Waals surface area contributed by atoms with Crippen LogP contribution in [0.1, 0.15) is 60.2 Å². The minimum Gasteiger partial charge on any atom is -0.477 e. The summed E-state index contributed by atoms with van der Waals surface area (Å²) >= 11 is 1.12. The Hall–Kier alpha value is -2.12. The number of hydrogen-bond donors (Lipinski definition) is 2. The minimum atomic E-state index is -0.945. The van der Waals surface area contributed by atoms with Crippen LogP contribution >= 0.6 is 11.3 Å². The first-order valence-electron chi connectivity index (χ1n) is 9.63. The molecule has 2 aromatic heterocycles. The molecule has 0 aromatic carbocycles. The van der Waals surface area contributed by atoms with Gasteiger partial charge in [-0.3, -0.25) is 4.79 Å². The number of nitrogens with one attached hydrogen (secondary N) is 1. The summed E-state index contributed by atoms with van der Waals surface area (Å²) in [5, 5.41) is 9.72. The Balaban J connectivity index is 1.68. The quantitative estimate of drug-likeness (QED) is 0.815. The van der Waals surface area contributed by atoms with Crippen LogP contribution in [0.2, 0.25) is 0 Å². The summed E-state index contributed by atoms with van der Waals surface area (Å²) < 4.78 is 7.70. The maximum atomic E-state index is 11.9. The van der Waals surface area contributed by atoms with Crippen LogP contribution < -0.4 is 4.87 Å². The molecule has 2 atom stereocenters. The Morgan fingerprint density at radius 2 is 2.21 bits per heavy atom. The zero-order chi connectivity index (χ0) is 20.1. The fourth-order valence-electron chi connectivity index (χ4n) is 4.67. The maximum absolute atomic E-state index is 11.9. The highest BCUT2D eigenvalue weighted by molar-refractivity contribution is 7.09. The SMILES string of the molecule is CC1(C)C[C@H](C2(C)C=Cc3c(cc(C(=O)O)n3Cc3c[nH]c(=O)s3)C2)CCO1. The first-order chi connectivity index (χ1) is 13.2. The highest BCUT2D eigenvalue weighted by Crippen LogP contribution is 2.46. The Morgan fingerprint density at radius 1 is 1.43 bits per heavy atom. The highest BCUT2D eigenvalue weighted by Gasteiger charge is 2.41. The van der Waals surface area contributed by atoms with Crippen molar-refractivity contribution >= 4 is 23.4 Å². The van der Waals surface area contributed by atoms with E-state index in [4.69, 9.17) is 4.74 Å². The lowest BCUT2D eigenvalue weighted by molar-refractivity contribution is -0.0898. The fourth-order valence-corrected chi connectivity index (χ4v) is 5.34. The van der Waals surface area contributed by atoms with Crippen molar-refractivity contribution in [2.75, 3.05) is 6.61 Å². The second kappa shape index (κ2) is 6.74. The summed E-state index contributed by atoms with van der Waals surface area (Å²) in [6.45, 7) is 7.70. The van der Waals surface area contributed by atoms with Crippen LogP contribution in [-0.2, 0) is 17.7 Å². The summed E-state index contributed by atoms with van der Waals surface area (Å²) in [7, 11) is 0. The molecule has 7 heteroatoms. The van der Waals surface area contributed by atoms with Crippen LogP contribution in [0.3, 0.4) is 0 Å². The largest absolute Gasteiger partial charge is 0.477 e. The molecule has 150 valence electrons. The van der Waals surface area contributed by atoms with E-state index in [0.29, 0.717) is 12.5 Å². The molecule has 1 unspecified atom stereocenters. The van der Waals surface area contributed by atoms with E-state index in [0.717, 1.165) is 53.3 Å². The van der Waals surface area contributed by atoms with Crippen molar-refractivity contribution in [3.63, 3.8) is 0 Å². The van der Waals surface area contributed by atoms with Crippen molar-refractivity contribution in [3.05, 3.63) is 49.8 Å². The number of thiazole rings is 1. The van der Waals surface area contributed by atoms with Gasteiger partial charge in [-0.25, -0.2) is 4.79 Å². The molecular weight excluding hydrogens is 376 g/mol. The number of ether oxygens (including phenoxy) is 1. The van der Waals surface area contributed by atoms with Crippen LogP contribution in [0, 0.1) is 11.3 Å². The molecular formula is C21H26N2O4S. The topological polar surface area (TPSA) is 84.3 Å². The van der Waals surface area contributed by atoms with Gasteiger partial charge in [0.1, 0.15) is 5.69 Å². The van der Waals surface area contributed by atoms with E-state index in [9.17, 15) is 14.7 Å². The van der Waals surface area contributed by atoms with Gasteiger partial charge >= 0.3 is 10.8 Å². The van der Waals surface area contributed by atoms with Gasteiger partial charge in [-0.05, 0) is 62.1 Å². The van der Waals surface area contributed by atoms with Crippen LogP contribution in [0.15, 0.2) is 23.1 Å². The summed E-state index contributed by atoms with van der Waals surface area (Å²) in [6, 6.07) is 1.80. The molecule has 28 heavy (non-hydrogen) atoms. The van der Waals surface area contributed by atoms with Crippen LogP contribution in [0.25, 0.3) is 6.08 Å². The van der Waals surface area contributed by atoms with Gasteiger partial charge in [0.15, 0.2) is 0 Å². The average Bonchev–Trinajstić information content (AvgIpc) is 3.17. The first-order valence-corrected chi connectivity index (χ1v) is 10.4. The molecule has 0 spiro atoms. The van der Waals surface area contributed by atoms with Gasteiger partial charge in [0.05, 0.1) is 12.1 Å². The maximum Gasteiger partial charge on any atom is 0.352 e. The van der Waals surface area contributed by atoms with E-state index in [-0.39, 0.29) is 21.6 Å². The molecule has 2 aliphatic rings. The third kappa shape index (κ3) is 3.49. The molecule has 1 fully saturated rings. The van der Waals surface area contributed by atoms with Crippen molar-refractivity contribution in [3.8, 4) is 0 Å². The summed E-state index contributed by atoms with van der Waals surface area (Å²) in [5.41, 5.74) is 2.13. The molecule has 1 aliphatic carbocycles. The standard InChI is InChI=1S/C21H26N2O4S/c1-20(2)10-14(5-7-27-20)21(3)6-4-16-13(9-21)8-17(18(24)25)23(16)12-15-11-22-19(26)28-15/h4,6,8,11,14H,5,7,9-10,12H2,1-3H3,(H,22,26)(H,24,25)/t14-,21?/m1/s1. The molecule has 1 saturated heterocycles. The molecule has 6 nitrogen and oxygen atoms in total. The van der Waals surface area contributed by atoms with Crippen molar-refractivity contribution in [1.29, 1.82) is 0 Å². The fraction of sp³-hybridized carbons (Fsp3) is 0.524. The molecule has 0 amide bonds. The number of H-pyrrole nitrogens is 1. The molecule has 2 N–H and O–H groups in total. The van der Waals surface area contributed by atoms with Gasteiger partial charge in [-0.15, -0.1) is 0 Å². The number of hydrogen-bond acceptors (Lipinski definition) is 4. The predicted molar refractivity (Wildman–Crippen MR) is 109 cm³/mol. The van der Waals surface area contributed by atoms with Crippen molar-refractivity contribution < 1.29 is 14.6 Å². The van der Waals surface area contributed by atoms with Gasteiger partial charge < -0.3 is 19.4 Å². The molecule has 1 aliphatic heterocycles. The van der Waals surface area contributed by atoms with Gasteiger partial charge in [0.25, 0.3) is 0 Å². The van der Waals surface area contributed by atoms with E-state index in [1.165, 1.54) is 0 Å². The van der Waals surface area contributed by atoms with E-state index < -0.39 is 5.97 Å². The third-order valence-electron chi connectivity index (χ3n) is 6.15. The number of fused-ring (bicyclic) bond motifs is 1.